The van der Waals surface area contributed by atoms with Crippen LogP contribution in [0.3, 0.4) is 0 Å². The lowest BCUT2D eigenvalue weighted by atomic mass is 10.1. The highest BCUT2D eigenvalue weighted by molar-refractivity contribution is 5.85. The van der Waals surface area contributed by atoms with Gasteiger partial charge in [0.15, 0.2) is 0 Å². The smallest absolute Gasteiger partial charge is 0.412 e. The summed E-state index contributed by atoms with van der Waals surface area (Å²) in [5.41, 5.74) is 1.42. The number of nitrogens with one attached hydrogen (secondary N) is 1. The van der Waals surface area contributed by atoms with E-state index in [-0.39, 0.29) is 11.9 Å². The van der Waals surface area contributed by atoms with Crippen molar-refractivity contribution in [1.29, 1.82) is 0 Å². The van der Waals surface area contributed by atoms with E-state index in [0.717, 1.165) is 5.56 Å². The van der Waals surface area contributed by atoms with Crippen LogP contribution in [0.2, 0.25) is 0 Å². The summed E-state index contributed by atoms with van der Waals surface area (Å²) in [6, 6.07) is 15.8. The van der Waals surface area contributed by atoms with Gasteiger partial charge in [0.25, 0.3) is 0 Å². The molecule has 19 heavy (non-hydrogen) atoms. The number of phenolic OH excluding ortho intramolecular Hbond substituents is 1. The second kappa shape index (κ2) is 5.91. The SMILES string of the molecule is CC(OC(=O)Nc1cccc(O)c1)c1ccccc1. The van der Waals surface area contributed by atoms with Crippen LogP contribution in [-0.4, -0.2) is 11.2 Å². The van der Waals surface area contributed by atoms with Gasteiger partial charge in [-0.2, -0.15) is 0 Å². The van der Waals surface area contributed by atoms with Gasteiger partial charge < -0.3 is 9.84 Å². The Labute approximate surface area is 111 Å². The van der Waals surface area contributed by atoms with Crippen molar-refractivity contribution >= 4 is 11.8 Å². The van der Waals surface area contributed by atoms with Gasteiger partial charge in [-0.25, -0.2) is 4.79 Å². The minimum Gasteiger partial charge on any atom is -0.508 e. The molecule has 0 saturated carbocycles. The van der Waals surface area contributed by atoms with E-state index in [4.69, 9.17) is 4.74 Å². The molecule has 2 N–H and O–H groups in total. The number of carbonyl (C=O) groups is 1. The highest BCUT2D eigenvalue weighted by Crippen LogP contribution is 2.19. The minimum atomic E-state index is -0.554. The van der Waals surface area contributed by atoms with Gasteiger partial charge in [-0.05, 0) is 24.6 Å². The first kappa shape index (κ1) is 13.0. The van der Waals surface area contributed by atoms with Crippen LogP contribution < -0.4 is 5.32 Å². The number of hydrogen-bond acceptors (Lipinski definition) is 3. The highest BCUT2D eigenvalue weighted by Gasteiger charge is 2.11. The zero-order valence-electron chi connectivity index (χ0n) is 10.5. The fourth-order valence-corrected chi connectivity index (χ4v) is 1.68. The van der Waals surface area contributed by atoms with Crippen molar-refractivity contribution in [3.63, 3.8) is 0 Å². The lowest BCUT2D eigenvalue weighted by Crippen LogP contribution is -2.15. The molecule has 2 aromatic rings. The van der Waals surface area contributed by atoms with E-state index in [1.165, 1.54) is 12.1 Å². The number of hydrogen-bond donors (Lipinski definition) is 2. The molecule has 0 aliphatic rings. The van der Waals surface area contributed by atoms with Gasteiger partial charge in [-0.1, -0.05) is 36.4 Å². The van der Waals surface area contributed by atoms with Gasteiger partial charge in [0, 0.05) is 11.8 Å². The Bertz CT molecular complexity index is 554. The Balaban J connectivity index is 1.95. The van der Waals surface area contributed by atoms with E-state index in [2.05, 4.69) is 5.32 Å². The minimum absolute atomic E-state index is 0.0916. The Morgan fingerprint density at radius 1 is 1.16 bits per heavy atom. The summed E-state index contributed by atoms with van der Waals surface area (Å²) >= 11 is 0. The van der Waals surface area contributed by atoms with E-state index in [1.807, 2.05) is 30.3 Å². The van der Waals surface area contributed by atoms with E-state index < -0.39 is 6.09 Å². The lowest BCUT2D eigenvalue weighted by Gasteiger charge is -2.14. The predicted molar refractivity (Wildman–Crippen MR) is 73.1 cm³/mol. The van der Waals surface area contributed by atoms with Gasteiger partial charge in [-0.15, -0.1) is 0 Å². The number of rotatable bonds is 3. The van der Waals surface area contributed by atoms with Crippen LogP contribution in [0.4, 0.5) is 10.5 Å². The molecule has 4 nitrogen and oxygen atoms in total. The molecule has 0 aliphatic carbocycles. The van der Waals surface area contributed by atoms with Crippen LogP contribution in [0.1, 0.15) is 18.6 Å². The summed E-state index contributed by atoms with van der Waals surface area (Å²) in [6.07, 6.45) is -0.888. The maximum atomic E-state index is 11.7. The Morgan fingerprint density at radius 3 is 2.58 bits per heavy atom. The zero-order chi connectivity index (χ0) is 13.7. The topological polar surface area (TPSA) is 58.6 Å². The number of amides is 1. The van der Waals surface area contributed by atoms with E-state index in [1.54, 1.807) is 19.1 Å². The Hall–Kier alpha value is -2.49. The highest BCUT2D eigenvalue weighted by atomic mass is 16.6. The monoisotopic (exact) mass is 257 g/mol. The third-order valence-electron chi connectivity index (χ3n) is 2.65. The van der Waals surface area contributed by atoms with Gasteiger partial charge in [0.05, 0.1) is 0 Å². The molecule has 98 valence electrons. The predicted octanol–water partition coefficient (Wildman–Crippen LogP) is 3.70. The molecule has 0 heterocycles. The second-order valence-electron chi connectivity index (χ2n) is 4.13. The normalized spacial score (nSPS) is 11.6. The average molecular weight is 257 g/mol. The first-order valence-corrected chi connectivity index (χ1v) is 5.97. The molecular formula is C15H15NO3. The van der Waals surface area contributed by atoms with Crippen LogP contribution in [0.15, 0.2) is 54.6 Å². The maximum Gasteiger partial charge on any atom is 0.412 e. The van der Waals surface area contributed by atoms with E-state index in [9.17, 15) is 9.90 Å². The largest absolute Gasteiger partial charge is 0.508 e. The van der Waals surface area contributed by atoms with Crippen LogP contribution in [0, 0.1) is 0 Å². The van der Waals surface area contributed by atoms with Gasteiger partial charge in [-0.3, -0.25) is 5.32 Å². The van der Waals surface area contributed by atoms with Crippen LogP contribution in [0.5, 0.6) is 5.75 Å². The van der Waals surface area contributed by atoms with Crippen LogP contribution in [0.25, 0.3) is 0 Å². The molecule has 0 aromatic heterocycles. The first-order chi connectivity index (χ1) is 9.15. The molecule has 0 fully saturated rings. The molecule has 4 heteroatoms. The zero-order valence-corrected chi connectivity index (χ0v) is 10.5. The van der Waals surface area contributed by atoms with E-state index >= 15 is 0 Å². The number of anilines is 1. The fraction of sp³-hybridized carbons (Fsp3) is 0.133. The third kappa shape index (κ3) is 3.74. The Kier molecular flexibility index (Phi) is 4.03. The van der Waals surface area contributed by atoms with Crippen molar-refractivity contribution in [2.75, 3.05) is 5.32 Å². The molecule has 0 radical (unpaired) electrons. The maximum absolute atomic E-state index is 11.7. The first-order valence-electron chi connectivity index (χ1n) is 5.97. The molecule has 1 amide bonds. The summed E-state index contributed by atoms with van der Waals surface area (Å²) in [5.74, 6) is 0.0916. The van der Waals surface area contributed by atoms with Gasteiger partial charge >= 0.3 is 6.09 Å². The number of benzene rings is 2. The number of aromatic hydroxyl groups is 1. The molecule has 1 atom stereocenters. The number of phenols is 1. The quantitative estimate of drug-likeness (QED) is 0.881. The van der Waals surface area contributed by atoms with Crippen molar-refractivity contribution in [1.82, 2.24) is 0 Å². The Morgan fingerprint density at radius 2 is 1.89 bits per heavy atom. The third-order valence-corrected chi connectivity index (χ3v) is 2.65. The fourth-order valence-electron chi connectivity index (χ4n) is 1.68. The van der Waals surface area contributed by atoms with Crippen molar-refractivity contribution < 1.29 is 14.6 Å². The van der Waals surface area contributed by atoms with Crippen LogP contribution >= 0.6 is 0 Å². The summed E-state index contributed by atoms with van der Waals surface area (Å²) in [7, 11) is 0. The van der Waals surface area contributed by atoms with Crippen molar-refractivity contribution in [2.24, 2.45) is 0 Å². The average Bonchev–Trinajstić information content (AvgIpc) is 2.39. The summed E-state index contributed by atoms with van der Waals surface area (Å²) < 4.78 is 5.25. The molecule has 2 rings (SSSR count). The molecule has 0 bridgehead atoms. The standard InChI is InChI=1S/C15H15NO3/c1-11(12-6-3-2-4-7-12)19-15(18)16-13-8-5-9-14(17)10-13/h2-11,17H,1H3,(H,16,18). The summed E-state index contributed by atoms with van der Waals surface area (Å²) in [5, 5.41) is 11.9. The molecule has 0 spiro atoms. The van der Waals surface area contributed by atoms with Crippen molar-refractivity contribution in [3.05, 3.63) is 60.2 Å². The summed E-state index contributed by atoms with van der Waals surface area (Å²) in [4.78, 5) is 11.7. The molecule has 0 aliphatic heterocycles. The van der Waals surface area contributed by atoms with Crippen LogP contribution in [-0.2, 0) is 4.74 Å². The molecule has 1 unspecified atom stereocenters. The number of carbonyl (C=O) groups excluding carboxylic acids is 1. The second-order valence-corrected chi connectivity index (χ2v) is 4.13. The van der Waals surface area contributed by atoms with Crippen molar-refractivity contribution in [2.45, 2.75) is 13.0 Å². The molecule has 0 saturated heterocycles. The van der Waals surface area contributed by atoms with Crippen molar-refractivity contribution in [3.8, 4) is 5.75 Å². The molecule has 2 aromatic carbocycles. The lowest BCUT2D eigenvalue weighted by molar-refractivity contribution is 0.121. The van der Waals surface area contributed by atoms with E-state index in [0.29, 0.717) is 5.69 Å². The van der Waals surface area contributed by atoms with Gasteiger partial charge in [0.2, 0.25) is 0 Å². The molecular weight excluding hydrogens is 242 g/mol. The van der Waals surface area contributed by atoms with Gasteiger partial charge in [0.1, 0.15) is 11.9 Å². The number of ether oxygens (including phenoxy) is 1. The summed E-state index contributed by atoms with van der Waals surface area (Å²) in [6.45, 7) is 1.80.